The van der Waals surface area contributed by atoms with Crippen LogP contribution >= 0.6 is 23.2 Å². The van der Waals surface area contributed by atoms with Crippen molar-refractivity contribution in [2.24, 2.45) is 5.41 Å². The number of aliphatic hydroxyl groups excluding tert-OH is 1. The molecule has 1 aliphatic rings. The minimum absolute atomic E-state index is 0.0842. The molecular formula is C33H36Cl2N2O8. The molecule has 12 heteroatoms. The smallest absolute Gasteiger partial charge is 0.303 e. The van der Waals surface area contributed by atoms with Crippen molar-refractivity contribution in [3.63, 3.8) is 0 Å². The monoisotopic (exact) mass is 658 g/mol. The molecule has 0 radical (unpaired) electrons. The maximum atomic E-state index is 14.3. The molecule has 3 aromatic rings. The third-order valence-electron chi connectivity index (χ3n) is 7.44. The second-order valence-corrected chi connectivity index (χ2v) is 12.3. The van der Waals surface area contributed by atoms with Gasteiger partial charge in [-0.3, -0.25) is 14.4 Å². The zero-order valence-corrected chi connectivity index (χ0v) is 26.9. The Hall–Kier alpha value is -3.83. The lowest BCUT2D eigenvalue weighted by molar-refractivity contribution is -0.137. The lowest BCUT2D eigenvalue weighted by atomic mass is 9.92. The molecule has 0 spiro atoms. The summed E-state index contributed by atoms with van der Waals surface area (Å²) in [4.78, 5) is 40.3. The Bertz CT molecular complexity index is 1580. The zero-order chi connectivity index (χ0) is 32.9. The third kappa shape index (κ3) is 8.07. The van der Waals surface area contributed by atoms with Gasteiger partial charge in [-0.1, -0.05) is 55.2 Å². The average molecular weight is 660 g/mol. The second kappa shape index (κ2) is 14.5. The largest absolute Gasteiger partial charge is 0.493 e. The van der Waals surface area contributed by atoms with Crippen molar-refractivity contribution < 1.29 is 38.8 Å². The summed E-state index contributed by atoms with van der Waals surface area (Å²) >= 11 is 12.8. The number of hydrogen-bond donors (Lipinski definition) is 3. The molecule has 2 amide bonds. The summed E-state index contributed by atoms with van der Waals surface area (Å²) in [6.45, 7) is 3.57. The Morgan fingerprint density at radius 3 is 2.47 bits per heavy atom. The van der Waals surface area contributed by atoms with Crippen LogP contribution < -0.4 is 19.7 Å². The molecule has 240 valence electrons. The normalized spacial score (nSPS) is 16.5. The Morgan fingerprint density at radius 2 is 1.80 bits per heavy atom. The lowest BCUT2D eigenvalue weighted by Crippen LogP contribution is -2.46. The fourth-order valence-electron chi connectivity index (χ4n) is 5.15. The Morgan fingerprint density at radius 1 is 1.04 bits per heavy atom. The molecule has 1 heterocycles. The molecule has 0 saturated carbocycles. The fraction of sp³-hybridized carbons (Fsp3) is 0.364. The molecule has 0 bridgehead atoms. The molecule has 10 nitrogen and oxygen atoms in total. The van der Waals surface area contributed by atoms with Crippen molar-refractivity contribution in [3.05, 3.63) is 81.3 Å². The van der Waals surface area contributed by atoms with Crippen LogP contribution in [-0.2, 0) is 25.5 Å². The van der Waals surface area contributed by atoms with Crippen LogP contribution in [0, 0.1) is 5.41 Å². The number of ether oxygens (including phenoxy) is 3. The summed E-state index contributed by atoms with van der Waals surface area (Å²) < 4.78 is 17.8. The topological polar surface area (TPSA) is 135 Å². The van der Waals surface area contributed by atoms with E-state index in [2.05, 4.69) is 5.32 Å². The molecule has 0 aliphatic carbocycles. The highest BCUT2D eigenvalue weighted by atomic mass is 35.5. The van der Waals surface area contributed by atoms with Crippen LogP contribution in [-0.4, -0.2) is 61.5 Å². The van der Waals surface area contributed by atoms with E-state index in [9.17, 15) is 19.5 Å². The first-order valence-corrected chi connectivity index (χ1v) is 15.0. The van der Waals surface area contributed by atoms with Gasteiger partial charge in [0.1, 0.15) is 12.2 Å². The van der Waals surface area contributed by atoms with E-state index in [-0.39, 0.29) is 43.1 Å². The highest BCUT2D eigenvalue weighted by Gasteiger charge is 2.40. The van der Waals surface area contributed by atoms with Gasteiger partial charge in [0, 0.05) is 46.8 Å². The number of carboxylic acid groups (broad SMARTS) is 1. The van der Waals surface area contributed by atoms with E-state index < -0.39 is 35.4 Å². The van der Waals surface area contributed by atoms with Crippen molar-refractivity contribution in [2.75, 3.05) is 37.6 Å². The van der Waals surface area contributed by atoms with E-state index in [4.69, 9.17) is 42.5 Å². The summed E-state index contributed by atoms with van der Waals surface area (Å²) in [6.07, 6.45) is -2.40. The molecule has 1 aliphatic heterocycles. The number of fused-ring (bicyclic) bond motifs is 1. The number of aryl methyl sites for hydroxylation is 1. The molecule has 2 atom stereocenters. The molecular weight excluding hydrogens is 623 g/mol. The zero-order valence-electron chi connectivity index (χ0n) is 25.4. The number of carbonyl (C=O) groups excluding carboxylic acids is 2. The van der Waals surface area contributed by atoms with Gasteiger partial charge in [0.15, 0.2) is 11.5 Å². The van der Waals surface area contributed by atoms with E-state index >= 15 is 0 Å². The first kappa shape index (κ1) is 34.1. The molecule has 4 rings (SSSR count). The molecule has 0 aromatic heterocycles. The maximum Gasteiger partial charge on any atom is 0.303 e. The van der Waals surface area contributed by atoms with Crippen LogP contribution in [0.3, 0.4) is 0 Å². The Balaban J connectivity index is 1.77. The first-order valence-electron chi connectivity index (χ1n) is 14.3. The highest BCUT2D eigenvalue weighted by molar-refractivity contribution is 6.33. The third-order valence-corrected chi connectivity index (χ3v) is 8.00. The summed E-state index contributed by atoms with van der Waals surface area (Å²) in [5.41, 5.74) is 1.89. The van der Waals surface area contributed by atoms with Crippen LogP contribution in [0.1, 0.15) is 49.5 Å². The van der Waals surface area contributed by atoms with Gasteiger partial charge in [-0.25, -0.2) is 0 Å². The molecule has 0 saturated heterocycles. The summed E-state index contributed by atoms with van der Waals surface area (Å²) in [5, 5.41) is 22.6. The molecule has 3 aromatic carbocycles. The van der Waals surface area contributed by atoms with Gasteiger partial charge in [-0.15, -0.1) is 0 Å². The lowest BCUT2D eigenvalue weighted by Gasteiger charge is -2.32. The maximum absolute atomic E-state index is 14.3. The number of anilines is 2. The van der Waals surface area contributed by atoms with E-state index in [0.717, 1.165) is 0 Å². The van der Waals surface area contributed by atoms with Crippen LogP contribution in [0.5, 0.6) is 11.5 Å². The van der Waals surface area contributed by atoms with Gasteiger partial charge in [0.25, 0.3) is 5.91 Å². The molecule has 0 fully saturated rings. The number of carbonyl (C=O) groups is 3. The first-order chi connectivity index (χ1) is 21.4. The number of rotatable bonds is 12. The minimum atomic E-state index is -1.28. The number of nitrogens with zero attached hydrogens (tertiary/aromatic N) is 1. The van der Waals surface area contributed by atoms with Crippen molar-refractivity contribution in [1.82, 2.24) is 0 Å². The van der Waals surface area contributed by atoms with Gasteiger partial charge in [0.05, 0.1) is 31.4 Å². The van der Waals surface area contributed by atoms with Crippen LogP contribution in [0.4, 0.5) is 11.4 Å². The Kier molecular flexibility index (Phi) is 11.0. The quantitative estimate of drug-likeness (QED) is 0.219. The minimum Gasteiger partial charge on any atom is -0.493 e. The number of methoxy groups -OCH3 is 2. The van der Waals surface area contributed by atoms with Crippen LogP contribution in [0.2, 0.25) is 10.0 Å². The van der Waals surface area contributed by atoms with Gasteiger partial charge in [-0.2, -0.15) is 0 Å². The summed E-state index contributed by atoms with van der Waals surface area (Å²) in [6, 6.07) is 15.3. The fourth-order valence-corrected chi connectivity index (χ4v) is 5.50. The van der Waals surface area contributed by atoms with Gasteiger partial charge in [-0.05, 0) is 48.4 Å². The van der Waals surface area contributed by atoms with E-state index in [0.29, 0.717) is 38.9 Å². The number of aliphatic carboxylic acids is 1. The molecule has 3 N–H and O–H groups in total. The summed E-state index contributed by atoms with van der Waals surface area (Å²) in [5.74, 6) is -1.14. The number of halogens is 2. The van der Waals surface area contributed by atoms with Crippen LogP contribution in [0.25, 0.3) is 0 Å². The molecule has 45 heavy (non-hydrogen) atoms. The SMILES string of the molecule is COc1cccc([C@H]2O[C@H](CC(=O)Nc3cc(CCC(=O)O)ccc3Cl)C(=O)N(CC(C)(C)CO)c3ccc(Cl)cc32)c1OC. The number of aliphatic hydroxyl groups is 1. The highest BCUT2D eigenvalue weighted by Crippen LogP contribution is 2.45. The average Bonchev–Trinajstić information content (AvgIpc) is 3.11. The van der Waals surface area contributed by atoms with Crippen molar-refractivity contribution in [1.29, 1.82) is 0 Å². The Labute approximate surface area is 271 Å². The number of carboxylic acids is 1. The number of para-hydroxylation sites is 1. The predicted octanol–water partition coefficient (Wildman–Crippen LogP) is 5.90. The van der Waals surface area contributed by atoms with E-state index in [1.165, 1.54) is 19.1 Å². The molecule has 0 unspecified atom stereocenters. The van der Waals surface area contributed by atoms with Crippen LogP contribution in [0.15, 0.2) is 54.6 Å². The predicted molar refractivity (Wildman–Crippen MR) is 172 cm³/mol. The number of nitrogens with one attached hydrogen (secondary N) is 1. The van der Waals surface area contributed by atoms with E-state index in [1.54, 1.807) is 54.6 Å². The van der Waals surface area contributed by atoms with Crippen molar-refractivity contribution >= 4 is 52.4 Å². The van der Waals surface area contributed by atoms with Gasteiger partial charge in [0.2, 0.25) is 5.91 Å². The van der Waals surface area contributed by atoms with Crippen molar-refractivity contribution in [2.45, 2.75) is 45.3 Å². The second-order valence-electron chi connectivity index (χ2n) is 11.5. The standard InChI is InChI=1S/C33H36Cl2N2O8/c1-33(2,18-38)17-37-25-12-10-20(34)15-22(25)30(21-6-5-7-26(43-3)31(21)44-4)45-27(32(37)42)16-28(39)36-24-14-19(8-11-23(24)35)9-13-29(40)41/h5-8,10-12,14-15,27,30,38H,9,13,16-18H2,1-4H3,(H,36,39)(H,40,41)/t27-,30-/m1/s1. The van der Waals surface area contributed by atoms with Gasteiger partial charge < -0.3 is 34.6 Å². The number of hydrogen-bond acceptors (Lipinski definition) is 7. The summed E-state index contributed by atoms with van der Waals surface area (Å²) in [7, 11) is 3.01. The number of amides is 2. The number of benzene rings is 3. The van der Waals surface area contributed by atoms with E-state index in [1.807, 2.05) is 13.8 Å². The van der Waals surface area contributed by atoms with Gasteiger partial charge >= 0.3 is 5.97 Å². The van der Waals surface area contributed by atoms with Crippen molar-refractivity contribution in [3.8, 4) is 11.5 Å².